The van der Waals surface area contributed by atoms with Crippen LogP contribution in [0.1, 0.15) is 30.1 Å². The van der Waals surface area contributed by atoms with Crippen molar-refractivity contribution in [2.45, 2.75) is 31.4 Å². The second-order valence-corrected chi connectivity index (χ2v) is 5.31. The van der Waals surface area contributed by atoms with Crippen LogP contribution in [0.2, 0.25) is 0 Å². The van der Waals surface area contributed by atoms with Gasteiger partial charge in [0.1, 0.15) is 0 Å². The molecule has 1 aliphatic carbocycles. The first-order valence-electron chi connectivity index (χ1n) is 6.91. The lowest BCUT2D eigenvalue weighted by atomic mass is 9.96. The highest BCUT2D eigenvalue weighted by Gasteiger charge is 2.36. The van der Waals surface area contributed by atoms with Gasteiger partial charge in [0.15, 0.2) is 0 Å². The number of hydrogen-bond acceptors (Lipinski definition) is 3. The molecule has 1 fully saturated rings. The van der Waals surface area contributed by atoms with E-state index < -0.39 is 5.97 Å². The smallest absolute Gasteiger partial charge is 0.317 e. The Balaban J connectivity index is 1.90. The topological polar surface area (TPSA) is 49.8 Å². The van der Waals surface area contributed by atoms with Crippen LogP contribution in [0.5, 0.6) is 0 Å². The van der Waals surface area contributed by atoms with Gasteiger partial charge in [0, 0.05) is 12.6 Å². The van der Waals surface area contributed by atoms with Crippen LogP contribution in [0.3, 0.4) is 0 Å². The van der Waals surface area contributed by atoms with Crippen molar-refractivity contribution in [1.82, 2.24) is 4.90 Å². The Kier molecular flexibility index (Phi) is 3.53. The van der Waals surface area contributed by atoms with Gasteiger partial charge >= 0.3 is 5.97 Å². The maximum absolute atomic E-state index is 11.0. The number of carboxylic acids is 1. The van der Waals surface area contributed by atoms with Gasteiger partial charge in [0.25, 0.3) is 0 Å². The molecule has 0 saturated carbocycles. The van der Waals surface area contributed by atoms with Gasteiger partial charge in [-0.2, -0.15) is 0 Å². The highest BCUT2D eigenvalue weighted by molar-refractivity contribution is 5.69. The zero-order chi connectivity index (χ0) is 13.2. The molecule has 0 radical (unpaired) electrons. The molecule has 1 aromatic carbocycles. The van der Waals surface area contributed by atoms with E-state index in [9.17, 15) is 4.79 Å². The summed E-state index contributed by atoms with van der Waals surface area (Å²) in [6, 6.07) is 8.60. The van der Waals surface area contributed by atoms with Gasteiger partial charge in [-0.3, -0.25) is 9.69 Å². The van der Waals surface area contributed by atoms with Crippen molar-refractivity contribution in [3.05, 3.63) is 35.4 Å². The number of nitrogens with zero attached hydrogens (tertiary/aromatic N) is 1. The molecule has 1 heterocycles. The van der Waals surface area contributed by atoms with Crippen molar-refractivity contribution < 1.29 is 14.6 Å². The molecule has 4 heteroatoms. The van der Waals surface area contributed by atoms with Crippen molar-refractivity contribution in [2.24, 2.45) is 0 Å². The summed E-state index contributed by atoms with van der Waals surface area (Å²) >= 11 is 0. The normalized spacial score (nSPS) is 27.2. The van der Waals surface area contributed by atoms with E-state index in [1.165, 1.54) is 11.1 Å². The maximum atomic E-state index is 11.0. The van der Waals surface area contributed by atoms with Crippen molar-refractivity contribution in [3.8, 4) is 0 Å². The quantitative estimate of drug-likeness (QED) is 0.882. The first-order valence-corrected chi connectivity index (χ1v) is 6.91. The van der Waals surface area contributed by atoms with Gasteiger partial charge in [-0.25, -0.2) is 0 Å². The van der Waals surface area contributed by atoms with E-state index >= 15 is 0 Å². The first kappa shape index (κ1) is 12.6. The molecule has 4 nitrogen and oxygen atoms in total. The summed E-state index contributed by atoms with van der Waals surface area (Å²) in [7, 11) is 0. The van der Waals surface area contributed by atoms with Crippen molar-refractivity contribution in [3.63, 3.8) is 0 Å². The van der Waals surface area contributed by atoms with Gasteiger partial charge in [-0.05, 0) is 30.4 Å². The average Bonchev–Trinajstić information content (AvgIpc) is 2.58. The minimum absolute atomic E-state index is 0.0341. The first-order chi connectivity index (χ1) is 9.25. The number of fused-ring (bicyclic) bond motifs is 3. The van der Waals surface area contributed by atoms with Crippen LogP contribution in [-0.2, 0) is 16.0 Å². The van der Waals surface area contributed by atoms with E-state index in [-0.39, 0.29) is 18.7 Å². The highest BCUT2D eigenvalue weighted by Crippen LogP contribution is 2.36. The third-order valence-corrected chi connectivity index (χ3v) is 4.14. The summed E-state index contributed by atoms with van der Waals surface area (Å²) in [4.78, 5) is 13.1. The van der Waals surface area contributed by atoms with Gasteiger partial charge in [-0.1, -0.05) is 24.3 Å². The Bertz CT molecular complexity index is 474. The summed E-state index contributed by atoms with van der Waals surface area (Å²) in [5, 5.41) is 9.04. The molecule has 0 bridgehead atoms. The number of morpholine rings is 1. The number of aliphatic carboxylic acids is 1. The number of carboxylic acid groups (broad SMARTS) is 1. The Morgan fingerprint density at radius 1 is 1.42 bits per heavy atom. The van der Waals surface area contributed by atoms with Crippen molar-refractivity contribution in [1.29, 1.82) is 0 Å². The van der Waals surface area contributed by atoms with Crippen molar-refractivity contribution in [2.75, 3.05) is 19.7 Å². The molecule has 1 saturated heterocycles. The Hall–Kier alpha value is -1.39. The molecule has 2 aliphatic rings. The van der Waals surface area contributed by atoms with Gasteiger partial charge in [0.2, 0.25) is 0 Å². The Morgan fingerprint density at radius 2 is 2.26 bits per heavy atom. The molecule has 3 rings (SSSR count). The predicted octanol–water partition coefficient (Wildman–Crippen LogP) is 1.85. The SMILES string of the molecule is O=C(O)CN1CCO[C@@H]2c3ccccc3CCC[C@H]21. The molecule has 1 N–H and O–H groups in total. The highest BCUT2D eigenvalue weighted by atomic mass is 16.5. The average molecular weight is 261 g/mol. The molecule has 1 aromatic rings. The zero-order valence-electron chi connectivity index (χ0n) is 10.9. The summed E-state index contributed by atoms with van der Waals surface area (Å²) < 4.78 is 5.97. The summed E-state index contributed by atoms with van der Waals surface area (Å²) in [6.45, 7) is 1.45. The van der Waals surface area contributed by atoms with Gasteiger partial charge < -0.3 is 9.84 Å². The number of rotatable bonds is 2. The summed E-state index contributed by atoms with van der Waals surface area (Å²) in [5.74, 6) is -0.752. The number of benzene rings is 1. The lowest BCUT2D eigenvalue weighted by Gasteiger charge is -2.40. The van der Waals surface area contributed by atoms with E-state index in [2.05, 4.69) is 23.1 Å². The number of hydrogen-bond donors (Lipinski definition) is 1. The van der Waals surface area contributed by atoms with Crippen LogP contribution >= 0.6 is 0 Å². The Morgan fingerprint density at radius 3 is 3.11 bits per heavy atom. The third kappa shape index (κ3) is 2.51. The third-order valence-electron chi connectivity index (χ3n) is 4.14. The fourth-order valence-electron chi connectivity index (χ4n) is 3.31. The molecule has 19 heavy (non-hydrogen) atoms. The molecular weight excluding hydrogens is 242 g/mol. The fourth-order valence-corrected chi connectivity index (χ4v) is 3.31. The lowest BCUT2D eigenvalue weighted by Crippen LogP contribution is -2.48. The zero-order valence-corrected chi connectivity index (χ0v) is 10.9. The molecule has 102 valence electrons. The van der Waals surface area contributed by atoms with Gasteiger partial charge in [-0.15, -0.1) is 0 Å². The minimum Gasteiger partial charge on any atom is -0.480 e. The molecule has 0 amide bonds. The Labute approximate surface area is 113 Å². The van der Waals surface area contributed by atoms with Gasteiger partial charge in [0.05, 0.1) is 19.3 Å². The summed E-state index contributed by atoms with van der Waals surface area (Å²) in [6.07, 6.45) is 3.20. The van der Waals surface area contributed by atoms with E-state index in [0.29, 0.717) is 6.61 Å². The fraction of sp³-hybridized carbons (Fsp3) is 0.533. The van der Waals surface area contributed by atoms with E-state index in [0.717, 1.165) is 25.8 Å². The molecule has 0 aromatic heterocycles. The van der Waals surface area contributed by atoms with Crippen LogP contribution in [0.15, 0.2) is 24.3 Å². The minimum atomic E-state index is -0.752. The maximum Gasteiger partial charge on any atom is 0.317 e. The number of carbonyl (C=O) groups is 1. The van der Waals surface area contributed by atoms with E-state index in [4.69, 9.17) is 9.84 Å². The molecule has 1 aliphatic heterocycles. The number of aryl methyl sites for hydroxylation is 1. The second-order valence-electron chi connectivity index (χ2n) is 5.31. The van der Waals surface area contributed by atoms with E-state index in [1.807, 2.05) is 6.07 Å². The summed E-state index contributed by atoms with van der Waals surface area (Å²) in [5.41, 5.74) is 2.60. The second kappa shape index (κ2) is 5.31. The van der Waals surface area contributed by atoms with E-state index in [1.54, 1.807) is 0 Å². The van der Waals surface area contributed by atoms with Crippen LogP contribution in [-0.4, -0.2) is 41.7 Å². The molecule has 0 unspecified atom stereocenters. The molecular formula is C15H19NO3. The van der Waals surface area contributed by atoms with Crippen LogP contribution in [0.25, 0.3) is 0 Å². The standard InChI is InChI=1S/C15H19NO3/c17-14(18)10-16-8-9-19-15-12-6-2-1-4-11(12)5-3-7-13(15)16/h1-2,4,6,13,15H,3,5,7-10H2,(H,17,18)/t13-,15-/m1/s1. The predicted molar refractivity (Wildman–Crippen MR) is 71.1 cm³/mol. The molecule has 2 atom stereocenters. The molecule has 0 spiro atoms. The monoisotopic (exact) mass is 261 g/mol. The number of ether oxygens (including phenoxy) is 1. The van der Waals surface area contributed by atoms with Crippen LogP contribution < -0.4 is 0 Å². The lowest BCUT2D eigenvalue weighted by molar-refractivity contribution is -0.143. The largest absolute Gasteiger partial charge is 0.480 e. The van der Waals surface area contributed by atoms with Crippen molar-refractivity contribution >= 4 is 5.97 Å². The van der Waals surface area contributed by atoms with Crippen LogP contribution in [0, 0.1) is 0 Å². The van der Waals surface area contributed by atoms with Crippen LogP contribution in [0.4, 0.5) is 0 Å².